The maximum atomic E-state index is 14.7. The molecule has 0 radical (unpaired) electrons. The van der Waals surface area contributed by atoms with E-state index >= 15 is 0 Å². The predicted octanol–water partition coefficient (Wildman–Crippen LogP) is 25.5. The fourth-order valence-corrected chi connectivity index (χ4v) is 11.7. The molecule has 0 unspecified atom stereocenters. The number of allylic oxidation sites excluding steroid dienone is 4. The number of hydrogen-bond donors (Lipinski definition) is 0. The molecule has 75 heavy (non-hydrogen) atoms. The van der Waals surface area contributed by atoms with Crippen LogP contribution < -0.4 is 0 Å². The zero-order chi connectivity index (χ0) is 54.3. The lowest BCUT2D eigenvalue weighted by Gasteiger charge is -2.34. The number of rotatable bonds is 64. The van der Waals surface area contributed by atoms with Gasteiger partial charge >= 0.3 is 11.8 Å². The summed E-state index contributed by atoms with van der Waals surface area (Å²) in [6.45, 7) is 10.7. The minimum absolute atomic E-state index is 0.171. The van der Waals surface area contributed by atoms with Gasteiger partial charge in [-0.15, -0.1) is 0 Å². The molecule has 0 aromatic rings. The van der Waals surface area contributed by atoms with Gasteiger partial charge in [-0.3, -0.25) is 0 Å². The van der Waals surface area contributed by atoms with Crippen LogP contribution in [-0.2, 0) is 9.59 Å². The molecule has 0 bridgehead atoms. The van der Waals surface area contributed by atoms with Gasteiger partial charge in [0.05, 0.1) is 25.9 Å². The Bertz CT molecular complexity index is 1080. The number of quaternary nitrogens is 1. The van der Waals surface area contributed by atoms with Crippen molar-refractivity contribution in [3.05, 3.63) is 24.3 Å². The molecular formula is C72H140NO2+. The quantitative estimate of drug-likeness (QED) is 0.0346. The average Bonchev–Trinajstić information content (AvgIpc) is 3.42. The van der Waals surface area contributed by atoms with Crippen molar-refractivity contribution in [2.45, 2.75) is 413 Å². The van der Waals surface area contributed by atoms with Crippen molar-refractivity contribution in [3.8, 4) is 0 Å². The molecular weight excluding hydrogens is 911 g/mol. The molecule has 0 aromatic heterocycles. The molecule has 2 amide bonds. The van der Waals surface area contributed by atoms with Gasteiger partial charge in [0.2, 0.25) is 0 Å². The lowest BCUT2D eigenvalue weighted by atomic mass is 10.0. The lowest BCUT2D eigenvalue weighted by Crippen LogP contribution is -2.58. The molecule has 0 aliphatic heterocycles. The van der Waals surface area contributed by atoms with Gasteiger partial charge in [0, 0.05) is 0 Å². The van der Waals surface area contributed by atoms with Crippen LogP contribution in [0.1, 0.15) is 413 Å². The monoisotopic (exact) mass is 1050 g/mol. The number of amides is 2. The predicted molar refractivity (Wildman–Crippen MR) is 338 cm³/mol. The Labute approximate surface area is 474 Å². The largest absolute Gasteiger partial charge is 0.321 e. The van der Waals surface area contributed by atoms with Gasteiger partial charge in [-0.2, -0.15) is 4.48 Å². The second-order valence-electron chi connectivity index (χ2n) is 24.5. The molecule has 0 saturated carbocycles. The van der Waals surface area contributed by atoms with Crippen molar-refractivity contribution in [3.63, 3.8) is 0 Å². The van der Waals surface area contributed by atoms with Crippen LogP contribution in [0.4, 0.5) is 0 Å². The summed E-state index contributed by atoms with van der Waals surface area (Å²) in [4.78, 5) is 29.4. The first-order chi connectivity index (χ1) is 37.1. The second-order valence-corrected chi connectivity index (χ2v) is 24.5. The molecule has 0 aliphatic rings. The van der Waals surface area contributed by atoms with Crippen molar-refractivity contribution < 1.29 is 14.1 Å². The van der Waals surface area contributed by atoms with E-state index in [9.17, 15) is 9.59 Å². The number of nitrogens with zero attached hydrogens (tertiary/aromatic N) is 1. The Morgan fingerprint density at radius 1 is 0.213 bits per heavy atom. The maximum Gasteiger partial charge on any atom is 0.321 e. The summed E-state index contributed by atoms with van der Waals surface area (Å²) in [5.41, 5.74) is 0. The van der Waals surface area contributed by atoms with E-state index in [-0.39, 0.29) is 16.3 Å². The van der Waals surface area contributed by atoms with Crippen molar-refractivity contribution in [2.24, 2.45) is 0 Å². The van der Waals surface area contributed by atoms with Gasteiger partial charge in [0.25, 0.3) is 0 Å². The molecule has 0 spiro atoms. The molecule has 0 rings (SSSR count). The summed E-state index contributed by atoms with van der Waals surface area (Å²) < 4.78 is 0.171. The third-order valence-corrected chi connectivity index (χ3v) is 17.0. The Kier molecular flexibility index (Phi) is 62.6. The summed E-state index contributed by atoms with van der Waals surface area (Å²) in [6, 6.07) is 0. The Balaban J connectivity index is 5.29. The third-order valence-electron chi connectivity index (χ3n) is 17.0. The molecule has 0 saturated heterocycles. The minimum atomic E-state index is 0.171. The highest BCUT2D eigenvalue weighted by molar-refractivity contribution is 5.84. The minimum Gasteiger partial charge on any atom is -0.230 e. The van der Waals surface area contributed by atoms with E-state index in [0.29, 0.717) is 12.8 Å². The molecule has 0 N–H and O–H groups in total. The summed E-state index contributed by atoms with van der Waals surface area (Å²) >= 11 is 0. The van der Waals surface area contributed by atoms with E-state index in [1.165, 1.54) is 334 Å². The van der Waals surface area contributed by atoms with Crippen LogP contribution in [0.2, 0.25) is 0 Å². The molecule has 0 heterocycles. The molecule has 3 heteroatoms. The van der Waals surface area contributed by atoms with Gasteiger partial charge in [-0.05, 0) is 89.9 Å². The first kappa shape index (κ1) is 73.8. The van der Waals surface area contributed by atoms with Crippen LogP contribution in [0.25, 0.3) is 0 Å². The number of imide groups is 1. The van der Waals surface area contributed by atoms with Crippen LogP contribution in [0.15, 0.2) is 24.3 Å². The van der Waals surface area contributed by atoms with E-state index in [2.05, 4.69) is 52.0 Å². The SMILES string of the molecule is CCCCCCCC/C=C\CCCCCCCC(=O)[N+](CCCCCCCCCCCCCCCCCC)(CCCCCCCCCCCCCCCCCC)C(=O)CCCCCCC/C=C\CCCCCCCC. The summed E-state index contributed by atoms with van der Waals surface area (Å²) in [7, 11) is 0. The highest BCUT2D eigenvalue weighted by Gasteiger charge is 2.42. The van der Waals surface area contributed by atoms with E-state index in [1.54, 1.807) is 0 Å². The van der Waals surface area contributed by atoms with E-state index in [1.807, 2.05) is 0 Å². The fraction of sp³-hybridized carbons (Fsp3) is 0.917. The summed E-state index contributed by atoms with van der Waals surface area (Å²) in [5, 5.41) is 0. The number of carbonyl (C=O) groups is 2. The van der Waals surface area contributed by atoms with Gasteiger partial charge < -0.3 is 0 Å². The van der Waals surface area contributed by atoms with Crippen LogP contribution >= 0.6 is 0 Å². The topological polar surface area (TPSA) is 34.1 Å². The Morgan fingerprint density at radius 3 is 0.573 bits per heavy atom. The van der Waals surface area contributed by atoms with Gasteiger partial charge in [0.15, 0.2) is 0 Å². The maximum absolute atomic E-state index is 14.7. The van der Waals surface area contributed by atoms with Crippen LogP contribution in [0, 0.1) is 0 Å². The number of hydrogen-bond acceptors (Lipinski definition) is 2. The summed E-state index contributed by atoms with van der Waals surface area (Å²) in [6.07, 6.45) is 87.0. The normalized spacial score (nSPS) is 12.1. The summed E-state index contributed by atoms with van der Waals surface area (Å²) in [5.74, 6) is 0.541. The van der Waals surface area contributed by atoms with Crippen molar-refractivity contribution >= 4 is 11.8 Å². The fourth-order valence-electron chi connectivity index (χ4n) is 11.7. The lowest BCUT2D eigenvalue weighted by molar-refractivity contribution is -0.780. The zero-order valence-corrected chi connectivity index (χ0v) is 52.4. The molecule has 0 aromatic carbocycles. The highest BCUT2D eigenvalue weighted by atomic mass is 16.2. The number of unbranched alkanes of at least 4 members (excludes halogenated alkanes) is 52. The van der Waals surface area contributed by atoms with Crippen LogP contribution in [0.5, 0.6) is 0 Å². The molecule has 444 valence electrons. The first-order valence-electron chi connectivity index (χ1n) is 35.3. The highest BCUT2D eigenvalue weighted by Crippen LogP contribution is 2.24. The van der Waals surface area contributed by atoms with Crippen LogP contribution in [0.3, 0.4) is 0 Å². The first-order valence-corrected chi connectivity index (χ1v) is 35.3. The smallest absolute Gasteiger partial charge is 0.230 e. The molecule has 0 atom stereocenters. The van der Waals surface area contributed by atoms with Crippen molar-refractivity contribution in [1.29, 1.82) is 0 Å². The van der Waals surface area contributed by atoms with Crippen molar-refractivity contribution in [2.75, 3.05) is 13.1 Å². The van der Waals surface area contributed by atoms with Gasteiger partial charge in [-0.25, -0.2) is 9.59 Å². The van der Waals surface area contributed by atoms with Crippen molar-refractivity contribution in [1.82, 2.24) is 0 Å². The van der Waals surface area contributed by atoms with E-state index < -0.39 is 0 Å². The average molecular weight is 1050 g/mol. The van der Waals surface area contributed by atoms with E-state index in [0.717, 1.165) is 51.6 Å². The molecule has 0 aliphatic carbocycles. The van der Waals surface area contributed by atoms with Gasteiger partial charge in [-0.1, -0.05) is 335 Å². The standard InChI is InChI=1S/C72H140NO2/c1-5-9-13-17-21-25-29-33-37-41-45-49-53-57-61-65-69-73(70-66-62-58-54-50-46-42-38-34-30-26-22-18-14-10-6-2,71(74)67-63-59-55-51-47-43-39-35-31-27-23-19-15-11-7-3)72(75)68-64-60-56-52-48-44-40-36-32-28-24-20-16-12-8-4/h35-36,39-40H,5-34,37-38,41-70H2,1-4H3/q+1/b39-35-,40-36-. The zero-order valence-electron chi connectivity index (χ0n) is 52.4. The molecule has 0 fully saturated rings. The van der Waals surface area contributed by atoms with E-state index in [4.69, 9.17) is 0 Å². The number of carbonyl (C=O) groups excluding carboxylic acids is 2. The Hall–Kier alpha value is -1.22. The van der Waals surface area contributed by atoms with Crippen LogP contribution in [-0.4, -0.2) is 29.4 Å². The third kappa shape index (κ3) is 53.2. The van der Waals surface area contributed by atoms with Gasteiger partial charge in [0.1, 0.15) is 0 Å². The second kappa shape index (κ2) is 63.6. The Morgan fingerprint density at radius 2 is 0.373 bits per heavy atom. The molecule has 3 nitrogen and oxygen atoms in total.